The van der Waals surface area contributed by atoms with Gasteiger partial charge in [0.2, 0.25) is 0 Å². The molecule has 1 aromatic heterocycles. The minimum absolute atomic E-state index is 0. The largest absolute Gasteiger partial charge is 0.293 e. The third-order valence-corrected chi connectivity index (χ3v) is 1.90. The summed E-state index contributed by atoms with van der Waals surface area (Å²) in [5.41, 5.74) is 0.575. The van der Waals surface area contributed by atoms with Crippen molar-refractivity contribution in [3.63, 3.8) is 0 Å². The molecular formula is C7H6Br2ClNO. The van der Waals surface area contributed by atoms with E-state index >= 15 is 0 Å². The van der Waals surface area contributed by atoms with Gasteiger partial charge in [-0.2, -0.15) is 0 Å². The van der Waals surface area contributed by atoms with Gasteiger partial charge in [-0.3, -0.25) is 4.79 Å². The predicted octanol–water partition coefficient (Wildman–Crippen LogP) is 2.89. The summed E-state index contributed by atoms with van der Waals surface area (Å²) in [6, 6.07) is 3.25. The van der Waals surface area contributed by atoms with Crippen LogP contribution in [0.3, 0.4) is 0 Å². The van der Waals surface area contributed by atoms with Gasteiger partial charge in [-0.25, -0.2) is 4.98 Å². The van der Waals surface area contributed by atoms with Crippen molar-refractivity contribution in [2.24, 2.45) is 0 Å². The monoisotopic (exact) mass is 313 g/mol. The van der Waals surface area contributed by atoms with Crippen LogP contribution in [0.5, 0.6) is 0 Å². The van der Waals surface area contributed by atoms with Crippen LogP contribution in [0.4, 0.5) is 0 Å². The second kappa shape index (κ2) is 5.67. The zero-order valence-electron chi connectivity index (χ0n) is 5.96. The van der Waals surface area contributed by atoms with E-state index in [1.54, 1.807) is 12.1 Å². The number of alkyl halides is 1. The Morgan fingerprint density at radius 2 is 2.25 bits per heavy atom. The van der Waals surface area contributed by atoms with Crippen LogP contribution in [0.1, 0.15) is 10.4 Å². The topological polar surface area (TPSA) is 30.0 Å². The van der Waals surface area contributed by atoms with Crippen LogP contribution in [-0.4, -0.2) is 16.1 Å². The summed E-state index contributed by atoms with van der Waals surface area (Å²) in [5, 5.41) is 0.715. The molecule has 12 heavy (non-hydrogen) atoms. The minimum atomic E-state index is 0. The first-order chi connectivity index (χ1) is 5.24. The van der Waals surface area contributed by atoms with Gasteiger partial charge in [0.15, 0.2) is 5.78 Å². The average Bonchev–Trinajstić information content (AvgIpc) is 2.05. The normalized spacial score (nSPS) is 8.83. The molecule has 0 saturated carbocycles. The van der Waals surface area contributed by atoms with E-state index in [1.807, 2.05) is 0 Å². The number of hydrogen-bond donors (Lipinski definition) is 0. The highest BCUT2D eigenvalue weighted by Crippen LogP contribution is 2.06. The number of hydrogen-bond acceptors (Lipinski definition) is 2. The number of nitrogens with zero attached hydrogens (tertiary/aromatic N) is 1. The number of aromatic nitrogens is 1. The average molecular weight is 315 g/mol. The van der Waals surface area contributed by atoms with Crippen LogP contribution in [0.2, 0.25) is 5.15 Å². The maximum atomic E-state index is 11.0. The Morgan fingerprint density at radius 3 is 2.67 bits per heavy atom. The van der Waals surface area contributed by atoms with Crippen molar-refractivity contribution in [3.05, 3.63) is 29.0 Å². The summed E-state index contributed by atoms with van der Waals surface area (Å²) in [6.07, 6.45) is 1.46. The van der Waals surface area contributed by atoms with E-state index in [4.69, 9.17) is 11.6 Å². The van der Waals surface area contributed by atoms with Crippen LogP contribution in [0.15, 0.2) is 18.3 Å². The van der Waals surface area contributed by atoms with Gasteiger partial charge in [0.1, 0.15) is 5.15 Å². The molecule has 66 valence electrons. The summed E-state index contributed by atoms with van der Waals surface area (Å²) in [7, 11) is 0. The quantitative estimate of drug-likeness (QED) is 0.477. The molecule has 5 heteroatoms. The van der Waals surface area contributed by atoms with Gasteiger partial charge < -0.3 is 0 Å². The molecule has 0 spiro atoms. The molecule has 1 rings (SSSR count). The van der Waals surface area contributed by atoms with Crippen molar-refractivity contribution in [1.82, 2.24) is 4.98 Å². The summed E-state index contributed by atoms with van der Waals surface area (Å²) in [5.74, 6) is 0.00849. The van der Waals surface area contributed by atoms with E-state index in [9.17, 15) is 4.79 Å². The fraction of sp³-hybridized carbons (Fsp3) is 0.143. The van der Waals surface area contributed by atoms with Gasteiger partial charge >= 0.3 is 0 Å². The second-order valence-corrected chi connectivity index (χ2v) is 2.87. The molecule has 1 heterocycles. The van der Waals surface area contributed by atoms with Crippen molar-refractivity contribution >= 4 is 50.3 Å². The Kier molecular flexibility index (Phi) is 5.70. The lowest BCUT2D eigenvalue weighted by Gasteiger charge is -1.94. The molecular weight excluding hydrogens is 309 g/mol. The van der Waals surface area contributed by atoms with E-state index in [-0.39, 0.29) is 22.8 Å². The fourth-order valence-electron chi connectivity index (χ4n) is 0.618. The van der Waals surface area contributed by atoms with Crippen LogP contribution >= 0.6 is 44.5 Å². The van der Waals surface area contributed by atoms with Crippen molar-refractivity contribution in [1.29, 1.82) is 0 Å². The van der Waals surface area contributed by atoms with Crippen LogP contribution < -0.4 is 0 Å². The summed E-state index contributed by atoms with van der Waals surface area (Å²) in [6.45, 7) is 0. The van der Waals surface area contributed by atoms with Crippen molar-refractivity contribution in [2.45, 2.75) is 0 Å². The first kappa shape index (κ1) is 12.1. The molecule has 2 nitrogen and oxygen atoms in total. The number of ketones is 1. The van der Waals surface area contributed by atoms with E-state index in [0.29, 0.717) is 16.0 Å². The Labute approximate surface area is 94.2 Å². The van der Waals surface area contributed by atoms with Gasteiger partial charge in [-0.1, -0.05) is 27.5 Å². The number of halogens is 3. The molecule has 0 N–H and O–H groups in total. The highest BCUT2D eigenvalue weighted by atomic mass is 79.9. The molecule has 0 aromatic carbocycles. The highest BCUT2D eigenvalue weighted by molar-refractivity contribution is 9.09. The first-order valence-electron chi connectivity index (χ1n) is 2.95. The lowest BCUT2D eigenvalue weighted by atomic mass is 10.2. The molecule has 0 amide bonds. The first-order valence-corrected chi connectivity index (χ1v) is 4.44. The molecule has 0 bridgehead atoms. The molecule has 0 aliphatic heterocycles. The Morgan fingerprint density at radius 1 is 1.58 bits per heavy atom. The fourth-order valence-corrected chi connectivity index (χ4v) is 1.05. The zero-order valence-corrected chi connectivity index (χ0v) is 10.0. The van der Waals surface area contributed by atoms with Crippen molar-refractivity contribution in [3.8, 4) is 0 Å². The van der Waals surface area contributed by atoms with Gasteiger partial charge in [0.25, 0.3) is 0 Å². The van der Waals surface area contributed by atoms with Gasteiger partial charge in [0.05, 0.1) is 5.33 Å². The Balaban J connectivity index is 0.00000121. The third-order valence-electron chi connectivity index (χ3n) is 1.17. The number of carbonyl (C=O) groups is 1. The molecule has 0 unspecified atom stereocenters. The lowest BCUT2D eigenvalue weighted by molar-refractivity contribution is 0.102. The maximum absolute atomic E-state index is 11.0. The number of Topliss-reactive ketones (excluding diaryl/α,β-unsaturated/α-hetero) is 1. The molecule has 0 aliphatic carbocycles. The van der Waals surface area contributed by atoms with E-state index in [1.165, 1.54) is 6.20 Å². The minimum Gasteiger partial charge on any atom is -0.293 e. The third kappa shape index (κ3) is 3.21. The van der Waals surface area contributed by atoms with E-state index in [0.717, 1.165) is 0 Å². The summed E-state index contributed by atoms with van der Waals surface area (Å²) >= 11 is 8.59. The van der Waals surface area contributed by atoms with E-state index in [2.05, 4.69) is 20.9 Å². The van der Waals surface area contributed by atoms with Crippen LogP contribution in [-0.2, 0) is 0 Å². The Bertz CT molecular complexity index is 263. The molecule has 0 radical (unpaired) electrons. The van der Waals surface area contributed by atoms with Crippen LogP contribution in [0.25, 0.3) is 0 Å². The smallest absolute Gasteiger partial charge is 0.174 e. The van der Waals surface area contributed by atoms with Crippen molar-refractivity contribution in [2.75, 3.05) is 5.33 Å². The van der Waals surface area contributed by atoms with Gasteiger partial charge in [0, 0.05) is 11.8 Å². The molecule has 0 fully saturated rings. The number of pyridine rings is 1. The number of rotatable bonds is 2. The maximum Gasteiger partial charge on any atom is 0.174 e. The second-order valence-electron chi connectivity index (χ2n) is 1.93. The summed E-state index contributed by atoms with van der Waals surface area (Å²) < 4.78 is 0. The highest BCUT2D eigenvalue weighted by Gasteiger charge is 2.02. The summed E-state index contributed by atoms with van der Waals surface area (Å²) in [4.78, 5) is 14.8. The van der Waals surface area contributed by atoms with Crippen LogP contribution in [0, 0.1) is 0 Å². The standard InChI is InChI=1S/C7H5BrClNO.BrH/c8-3-6(11)5-1-2-7(9)10-4-5;/h1-2,4H,3H2;1H. The van der Waals surface area contributed by atoms with E-state index < -0.39 is 0 Å². The SMILES string of the molecule is Br.O=C(CBr)c1ccc(Cl)nc1. The molecule has 1 aromatic rings. The number of carbonyl (C=O) groups excluding carboxylic acids is 1. The van der Waals surface area contributed by atoms with Crippen molar-refractivity contribution < 1.29 is 4.79 Å². The van der Waals surface area contributed by atoms with Gasteiger partial charge in [-0.05, 0) is 12.1 Å². The molecule has 0 atom stereocenters. The molecule has 0 saturated heterocycles. The molecule has 0 aliphatic rings. The lowest BCUT2D eigenvalue weighted by Crippen LogP contribution is -1.99. The zero-order chi connectivity index (χ0) is 8.27. The van der Waals surface area contributed by atoms with Gasteiger partial charge in [-0.15, -0.1) is 17.0 Å². The Hall–Kier alpha value is 0.0700. The predicted molar refractivity (Wildman–Crippen MR) is 57.7 cm³/mol.